The van der Waals surface area contributed by atoms with Crippen molar-refractivity contribution >= 4 is 5.69 Å². The molecule has 0 radical (unpaired) electrons. The number of ether oxygens (including phenoxy) is 2. The van der Waals surface area contributed by atoms with Gasteiger partial charge in [0, 0.05) is 12.1 Å². The van der Waals surface area contributed by atoms with Gasteiger partial charge in [-0.2, -0.15) is 0 Å². The molecule has 6 heteroatoms. The molecule has 6 nitrogen and oxygen atoms in total. The highest BCUT2D eigenvalue weighted by Gasteiger charge is 2.29. The van der Waals surface area contributed by atoms with Crippen LogP contribution in [0.15, 0.2) is 18.2 Å². The smallest absolute Gasteiger partial charge is 0.311 e. The predicted molar refractivity (Wildman–Crippen MR) is 63.9 cm³/mol. The maximum atomic E-state index is 10.9. The fourth-order valence-corrected chi connectivity index (χ4v) is 2.07. The van der Waals surface area contributed by atoms with E-state index >= 15 is 0 Å². The zero-order valence-corrected chi connectivity index (χ0v) is 10.0. The van der Waals surface area contributed by atoms with Crippen LogP contribution in [0.5, 0.6) is 11.5 Å². The molecule has 1 fully saturated rings. The summed E-state index contributed by atoms with van der Waals surface area (Å²) in [5, 5.41) is 20.6. The standard InChI is InChI=1S/C12H15NO5/c1-17-8-5-6-9(13(15)16)12(7-8)18-11-4-2-3-10(11)14/h5-7,10-11,14H,2-4H2,1H3/t10-,11-/m0/s1. The van der Waals surface area contributed by atoms with Gasteiger partial charge in [0.25, 0.3) is 0 Å². The summed E-state index contributed by atoms with van der Waals surface area (Å²) in [5.41, 5.74) is -0.116. The Morgan fingerprint density at radius 2 is 2.22 bits per heavy atom. The molecule has 0 spiro atoms. The Hall–Kier alpha value is -1.82. The van der Waals surface area contributed by atoms with Crippen molar-refractivity contribution in [2.24, 2.45) is 0 Å². The van der Waals surface area contributed by atoms with Gasteiger partial charge in [-0.15, -0.1) is 0 Å². The summed E-state index contributed by atoms with van der Waals surface area (Å²) in [6.45, 7) is 0. The Balaban J connectivity index is 2.25. The number of aliphatic hydroxyl groups excluding tert-OH is 1. The lowest BCUT2D eigenvalue weighted by atomic mass is 10.2. The molecule has 18 heavy (non-hydrogen) atoms. The molecule has 2 rings (SSSR count). The zero-order valence-electron chi connectivity index (χ0n) is 10.0. The third-order valence-electron chi connectivity index (χ3n) is 3.06. The number of benzene rings is 1. The number of nitro groups is 1. The number of methoxy groups -OCH3 is 1. The van der Waals surface area contributed by atoms with Crippen LogP contribution in [0, 0.1) is 10.1 Å². The molecule has 1 N–H and O–H groups in total. The van der Waals surface area contributed by atoms with Crippen molar-refractivity contribution in [1.29, 1.82) is 0 Å². The third-order valence-corrected chi connectivity index (χ3v) is 3.06. The molecule has 0 amide bonds. The van der Waals surface area contributed by atoms with Gasteiger partial charge in [0.2, 0.25) is 5.75 Å². The van der Waals surface area contributed by atoms with Crippen LogP contribution in [0.1, 0.15) is 19.3 Å². The van der Waals surface area contributed by atoms with E-state index in [1.165, 1.54) is 25.3 Å². The van der Waals surface area contributed by atoms with Crippen LogP contribution in [0.2, 0.25) is 0 Å². The number of nitrogens with zero attached hydrogens (tertiary/aromatic N) is 1. The summed E-state index contributed by atoms with van der Waals surface area (Å²) < 4.78 is 10.6. The molecule has 2 atom stereocenters. The SMILES string of the molecule is COc1ccc([N+](=O)[O-])c(O[C@H]2CCC[C@@H]2O)c1. The molecule has 0 saturated heterocycles. The molecule has 0 unspecified atom stereocenters. The predicted octanol–water partition coefficient (Wildman–Crippen LogP) is 1.90. The fraction of sp³-hybridized carbons (Fsp3) is 0.500. The van der Waals surface area contributed by atoms with E-state index in [4.69, 9.17) is 9.47 Å². The van der Waals surface area contributed by atoms with Gasteiger partial charge in [0.15, 0.2) is 0 Å². The summed E-state index contributed by atoms with van der Waals surface area (Å²) in [5.74, 6) is 0.633. The Kier molecular flexibility index (Phi) is 3.66. The van der Waals surface area contributed by atoms with Crippen molar-refractivity contribution in [3.8, 4) is 11.5 Å². The highest BCUT2D eigenvalue weighted by Crippen LogP contribution is 2.34. The lowest BCUT2D eigenvalue weighted by Gasteiger charge is -2.17. The molecule has 1 aliphatic rings. The summed E-state index contributed by atoms with van der Waals surface area (Å²) in [6.07, 6.45) is 1.30. The highest BCUT2D eigenvalue weighted by atomic mass is 16.6. The first-order valence-electron chi connectivity index (χ1n) is 5.79. The van der Waals surface area contributed by atoms with Crippen LogP contribution in [-0.4, -0.2) is 29.3 Å². The Morgan fingerprint density at radius 1 is 1.44 bits per heavy atom. The first-order valence-corrected chi connectivity index (χ1v) is 5.79. The van der Waals surface area contributed by atoms with Gasteiger partial charge >= 0.3 is 5.69 Å². The normalized spacial score (nSPS) is 22.8. The van der Waals surface area contributed by atoms with Crippen LogP contribution < -0.4 is 9.47 Å². The van der Waals surface area contributed by atoms with Gasteiger partial charge in [-0.1, -0.05) is 0 Å². The molecule has 98 valence electrons. The van der Waals surface area contributed by atoms with Crippen molar-refractivity contribution in [2.75, 3.05) is 7.11 Å². The van der Waals surface area contributed by atoms with Crippen molar-refractivity contribution < 1.29 is 19.5 Å². The molecule has 1 aromatic rings. The fourth-order valence-electron chi connectivity index (χ4n) is 2.07. The van der Waals surface area contributed by atoms with Gasteiger partial charge < -0.3 is 14.6 Å². The van der Waals surface area contributed by atoms with E-state index in [0.717, 1.165) is 6.42 Å². The van der Waals surface area contributed by atoms with Gasteiger partial charge in [0.1, 0.15) is 11.9 Å². The quantitative estimate of drug-likeness (QED) is 0.654. The van der Waals surface area contributed by atoms with Gasteiger partial charge in [-0.05, 0) is 25.3 Å². The van der Waals surface area contributed by atoms with E-state index in [2.05, 4.69) is 0 Å². The van der Waals surface area contributed by atoms with Crippen molar-refractivity contribution in [2.45, 2.75) is 31.5 Å². The molecular formula is C12H15NO5. The monoisotopic (exact) mass is 253 g/mol. The minimum Gasteiger partial charge on any atom is -0.497 e. The maximum Gasteiger partial charge on any atom is 0.311 e. The average molecular weight is 253 g/mol. The molecule has 1 aliphatic carbocycles. The van der Waals surface area contributed by atoms with Gasteiger partial charge in [-0.25, -0.2) is 0 Å². The molecule has 0 heterocycles. The number of hydrogen-bond acceptors (Lipinski definition) is 5. The molecule has 0 aromatic heterocycles. The maximum absolute atomic E-state index is 10.9. The second-order valence-corrected chi connectivity index (χ2v) is 4.25. The lowest BCUT2D eigenvalue weighted by Crippen LogP contribution is -2.25. The first kappa shape index (κ1) is 12.6. The minimum atomic E-state index is -0.559. The Bertz CT molecular complexity index is 448. The number of aliphatic hydroxyl groups is 1. The van der Waals surface area contributed by atoms with Crippen LogP contribution in [0.25, 0.3) is 0 Å². The van der Waals surface area contributed by atoms with Crippen LogP contribution in [-0.2, 0) is 0 Å². The Labute approximate surface area is 104 Å². The van der Waals surface area contributed by atoms with Crippen molar-refractivity contribution in [1.82, 2.24) is 0 Å². The summed E-state index contributed by atoms with van der Waals surface area (Å²) in [6, 6.07) is 4.33. The third kappa shape index (κ3) is 2.53. The van der Waals surface area contributed by atoms with E-state index < -0.39 is 11.0 Å². The molecule has 1 saturated carbocycles. The van der Waals surface area contributed by atoms with Crippen LogP contribution in [0.3, 0.4) is 0 Å². The average Bonchev–Trinajstić information content (AvgIpc) is 2.74. The van der Waals surface area contributed by atoms with Crippen molar-refractivity contribution in [3.05, 3.63) is 28.3 Å². The topological polar surface area (TPSA) is 81.8 Å². The first-order chi connectivity index (χ1) is 8.61. The summed E-state index contributed by atoms with van der Waals surface area (Å²) in [7, 11) is 1.48. The molecule has 0 aliphatic heterocycles. The number of hydrogen-bond donors (Lipinski definition) is 1. The number of rotatable bonds is 4. The second-order valence-electron chi connectivity index (χ2n) is 4.25. The van der Waals surface area contributed by atoms with Crippen molar-refractivity contribution in [3.63, 3.8) is 0 Å². The van der Waals surface area contributed by atoms with E-state index in [1.807, 2.05) is 0 Å². The van der Waals surface area contributed by atoms with E-state index in [1.54, 1.807) is 0 Å². The van der Waals surface area contributed by atoms with E-state index in [-0.39, 0.29) is 17.5 Å². The van der Waals surface area contributed by atoms with Gasteiger partial charge in [0.05, 0.1) is 18.1 Å². The molecule has 0 bridgehead atoms. The summed E-state index contributed by atoms with van der Waals surface area (Å²) in [4.78, 5) is 10.4. The van der Waals surface area contributed by atoms with Gasteiger partial charge in [-0.3, -0.25) is 10.1 Å². The second kappa shape index (κ2) is 5.22. The molecular weight excluding hydrogens is 238 g/mol. The van der Waals surface area contributed by atoms with E-state index in [9.17, 15) is 15.2 Å². The Morgan fingerprint density at radius 3 is 2.78 bits per heavy atom. The molecule has 1 aromatic carbocycles. The minimum absolute atomic E-state index is 0.116. The highest BCUT2D eigenvalue weighted by molar-refractivity contribution is 5.50. The zero-order chi connectivity index (χ0) is 13.1. The van der Waals surface area contributed by atoms with E-state index in [0.29, 0.717) is 18.6 Å². The largest absolute Gasteiger partial charge is 0.497 e. The van der Waals surface area contributed by atoms with Crippen LogP contribution >= 0.6 is 0 Å². The number of nitro benzene ring substituents is 1. The lowest BCUT2D eigenvalue weighted by molar-refractivity contribution is -0.386. The summed E-state index contributed by atoms with van der Waals surface area (Å²) >= 11 is 0. The van der Waals surface area contributed by atoms with Crippen LogP contribution in [0.4, 0.5) is 5.69 Å².